The lowest BCUT2D eigenvalue weighted by Crippen LogP contribution is -2.48. The van der Waals surface area contributed by atoms with E-state index in [-0.39, 0.29) is 12.0 Å². The van der Waals surface area contributed by atoms with Gasteiger partial charge in [0, 0.05) is 37.7 Å². The van der Waals surface area contributed by atoms with Crippen LogP contribution in [0.4, 0.5) is 4.79 Å². The molecule has 1 aromatic heterocycles. The summed E-state index contributed by atoms with van der Waals surface area (Å²) in [6.45, 7) is 8.40. The molecule has 0 aliphatic carbocycles. The van der Waals surface area contributed by atoms with Crippen LogP contribution in [0.2, 0.25) is 0 Å². The molecule has 1 fully saturated rings. The van der Waals surface area contributed by atoms with Crippen LogP contribution in [0.1, 0.15) is 50.9 Å². The largest absolute Gasteiger partial charge is 0.474 e. The predicted octanol–water partition coefficient (Wildman–Crippen LogP) is 4.03. The number of ether oxygens (including phenoxy) is 2. The third kappa shape index (κ3) is 6.70. The van der Waals surface area contributed by atoms with E-state index in [0.717, 1.165) is 11.3 Å². The first kappa shape index (κ1) is 22.6. The van der Waals surface area contributed by atoms with Gasteiger partial charge in [0.2, 0.25) is 11.8 Å². The summed E-state index contributed by atoms with van der Waals surface area (Å²) >= 11 is 0. The summed E-state index contributed by atoms with van der Waals surface area (Å²) in [5.74, 6) is 0.461. The predicted molar refractivity (Wildman–Crippen MR) is 118 cm³/mol. The Morgan fingerprint density at radius 1 is 1.06 bits per heavy atom. The lowest BCUT2D eigenvalue weighted by Gasteiger charge is -2.34. The number of rotatable bonds is 5. The number of carbonyl (C=O) groups excluding carboxylic acids is 2. The number of amides is 2. The zero-order valence-electron chi connectivity index (χ0n) is 18.6. The van der Waals surface area contributed by atoms with Gasteiger partial charge in [0.15, 0.2) is 0 Å². The fourth-order valence-electron chi connectivity index (χ4n) is 3.49. The SMILES string of the molecule is Cc1cccc(OC2CCN(C(=O)[C@H](NC(=O)OC(C)(C)C)c3ccccc3)CC2)n1. The molecule has 2 heterocycles. The van der Waals surface area contributed by atoms with Gasteiger partial charge in [-0.25, -0.2) is 9.78 Å². The fourth-order valence-corrected chi connectivity index (χ4v) is 3.49. The third-order valence-electron chi connectivity index (χ3n) is 4.94. The van der Waals surface area contributed by atoms with E-state index < -0.39 is 17.7 Å². The first-order valence-electron chi connectivity index (χ1n) is 10.6. The van der Waals surface area contributed by atoms with Crippen LogP contribution in [0, 0.1) is 6.92 Å². The molecule has 1 aromatic carbocycles. The van der Waals surface area contributed by atoms with E-state index in [2.05, 4.69) is 10.3 Å². The zero-order valence-corrected chi connectivity index (χ0v) is 18.6. The first-order chi connectivity index (χ1) is 14.7. The number of nitrogens with zero attached hydrogens (tertiary/aromatic N) is 2. The van der Waals surface area contributed by atoms with Crippen molar-refractivity contribution in [1.82, 2.24) is 15.2 Å². The molecule has 0 spiro atoms. The summed E-state index contributed by atoms with van der Waals surface area (Å²) in [4.78, 5) is 31.9. The fraction of sp³-hybridized carbons (Fsp3) is 0.458. The second-order valence-corrected chi connectivity index (χ2v) is 8.75. The number of benzene rings is 1. The molecule has 1 N–H and O–H groups in total. The Kier molecular flexibility index (Phi) is 7.15. The minimum atomic E-state index is -0.799. The highest BCUT2D eigenvalue weighted by molar-refractivity contribution is 5.87. The lowest BCUT2D eigenvalue weighted by molar-refractivity contribution is -0.135. The number of hydrogen-bond donors (Lipinski definition) is 1. The lowest BCUT2D eigenvalue weighted by atomic mass is 10.0. The van der Waals surface area contributed by atoms with Gasteiger partial charge in [0.25, 0.3) is 0 Å². The van der Waals surface area contributed by atoms with Crippen LogP contribution in [0.25, 0.3) is 0 Å². The maximum absolute atomic E-state index is 13.3. The van der Waals surface area contributed by atoms with Gasteiger partial charge in [-0.15, -0.1) is 0 Å². The maximum Gasteiger partial charge on any atom is 0.408 e. The topological polar surface area (TPSA) is 80.8 Å². The van der Waals surface area contributed by atoms with Crippen LogP contribution in [-0.4, -0.2) is 46.7 Å². The second kappa shape index (κ2) is 9.81. The maximum atomic E-state index is 13.3. The van der Waals surface area contributed by atoms with Gasteiger partial charge < -0.3 is 19.7 Å². The normalized spacial score (nSPS) is 15.8. The van der Waals surface area contributed by atoms with Crippen molar-refractivity contribution in [3.8, 4) is 5.88 Å². The molecule has 7 nitrogen and oxygen atoms in total. The summed E-state index contributed by atoms with van der Waals surface area (Å²) in [7, 11) is 0. The van der Waals surface area contributed by atoms with Gasteiger partial charge in [0.1, 0.15) is 17.7 Å². The third-order valence-corrected chi connectivity index (χ3v) is 4.94. The first-order valence-corrected chi connectivity index (χ1v) is 10.6. The van der Waals surface area contributed by atoms with Crippen molar-refractivity contribution < 1.29 is 19.1 Å². The molecular weight excluding hydrogens is 394 g/mol. The van der Waals surface area contributed by atoms with Gasteiger partial charge >= 0.3 is 6.09 Å². The van der Waals surface area contributed by atoms with E-state index in [1.54, 1.807) is 25.7 Å². The number of hydrogen-bond acceptors (Lipinski definition) is 5. The van der Waals surface area contributed by atoms with Gasteiger partial charge in [-0.05, 0) is 39.3 Å². The summed E-state index contributed by atoms with van der Waals surface area (Å²) in [6.07, 6.45) is 0.802. The number of likely N-dealkylation sites (tertiary alicyclic amines) is 1. The molecule has 3 rings (SSSR count). The molecule has 1 atom stereocenters. The van der Waals surface area contributed by atoms with Crippen molar-refractivity contribution >= 4 is 12.0 Å². The van der Waals surface area contributed by atoms with Gasteiger partial charge in [-0.2, -0.15) is 0 Å². The monoisotopic (exact) mass is 425 g/mol. The van der Waals surface area contributed by atoms with E-state index in [1.807, 2.05) is 55.5 Å². The molecular formula is C24H31N3O4. The summed E-state index contributed by atoms with van der Waals surface area (Å²) in [5, 5.41) is 2.75. The van der Waals surface area contributed by atoms with Gasteiger partial charge in [0.05, 0.1) is 0 Å². The summed E-state index contributed by atoms with van der Waals surface area (Å²) in [5.41, 5.74) is 0.984. The molecule has 166 valence electrons. The van der Waals surface area contributed by atoms with Crippen LogP contribution in [0.15, 0.2) is 48.5 Å². The Morgan fingerprint density at radius 3 is 2.35 bits per heavy atom. The molecule has 2 amide bonds. The molecule has 1 aliphatic rings. The Morgan fingerprint density at radius 2 is 1.74 bits per heavy atom. The zero-order chi connectivity index (χ0) is 22.4. The number of aryl methyl sites for hydroxylation is 1. The molecule has 0 radical (unpaired) electrons. The molecule has 0 unspecified atom stereocenters. The van der Waals surface area contributed by atoms with Crippen molar-refractivity contribution in [2.24, 2.45) is 0 Å². The minimum Gasteiger partial charge on any atom is -0.474 e. The number of carbonyl (C=O) groups is 2. The molecule has 7 heteroatoms. The number of piperidine rings is 1. The van der Waals surface area contributed by atoms with Crippen LogP contribution in [-0.2, 0) is 9.53 Å². The van der Waals surface area contributed by atoms with E-state index in [4.69, 9.17) is 9.47 Å². The average Bonchev–Trinajstić information content (AvgIpc) is 2.71. The Hall–Kier alpha value is -3.09. The summed E-state index contributed by atoms with van der Waals surface area (Å²) in [6, 6.07) is 14.1. The Labute approximate surface area is 183 Å². The van der Waals surface area contributed by atoms with Crippen LogP contribution in [0.3, 0.4) is 0 Å². The summed E-state index contributed by atoms with van der Waals surface area (Å²) < 4.78 is 11.4. The highest BCUT2D eigenvalue weighted by atomic mass is 16.6. The van der Waals surface area contributed by atoms with E-state index >= 15 is 0 Å². The second-order valence-electron chi connectivity index (χ2n) is 8.75. The highest BCUT2D eigenvalue weighted by Crippen LogP contribution is 2.22. The quantitative estimate of drug-likeness (QED) is 0.782. The number of aromatic nitrogens is 1. The van der Waals surface area contributed by atoms with Gasteiger partial charge in [-0.1, -0.05) is 36.4 Å². The van der Waals surface area contributed by atoms with E-state index in [9.17, 15) is 9.59 Å². The number of alkyl carbamates (subject to hydrolysis) is 1. The van der Waals surface area contributed by atoms with Crippen LogP contribution >= 0.6 is 0 Å². The molecule has 2 aromatic rings. The van der Waals surface area contributed by atoms with E-state index in [1.165, 1.54) is 0 Å². The minimum absolute atomic E-state index is 0.00680. The molecule has 0 saturated carbocycles. The Balaban J connectivity index is 1.64. The van der Waals surface area contributed by atoms with Crippen LogP contribution < -0.4 is 10.1 Å². The number of nitrogens with one attached hydrogen (secondary N) is 1. The van der Waals surface area contributed by atoms with Crippen molar-refractivity contribution in [1.29, 1.82) is 0 Å². The molecule has 0 bridgehead atoms. The smallest absolute Gasteiger partial charge is 0.408 e. The van der Waals surface area contributed by atoms with Gasteiger partial charge in [-0.3, -0.25) is 4.79 Å². The Bertz CT molecular complexity index is 887. The van der Waals surface area contributed by atoms with Crippen molar-refractivity contribution in [3.63, 3.8) is 0 Å². The highest BCUT2D eigenvalue weighted by Gasteiger charge is 2.32. The van der Waals surface area contributed by atoms with Crippen molar-refractivity contribution in [2.75, 3.05) is 13.1 Å². The van der Waals surface area contributed by atoms with E-state index in [0.29, 0.717) is 31.8 Å². The molecule has 31 heavy (non-hydrogen) atoms. The average molecular weight is 426 g/mol. The standard InChI is InChI=1S/C24H31N3O4/c1-17-9-8-12-20(25-17)30-19-13-15-27(16-14-19)22(28)21(18-10-6-5-7-11-18)26-23(29)31-24(2,3)4/h5-12,19,21H,13-16H2,1-4H3,(H,26,29)/t21-/m1/s1. The van der Waals surface area contributed by atoms with Crippen LogP contribution in [0.5, 0.6) is 5.88 Å². The molecule has 1 saturated heterocycles. The van der Waals surface area contributed by atoms with Crippen molar-refractivity contribution in [2.45, 2.75) is 58.3 Å². The molecule has 1 aliphatic heterocycles. The number of pyridine rings is 1. The van der Waals surface area contributed by atoms with Crippen molar-refractivity contribution in [3.05, 3.63) is 59.8 Å².